The van der Waals surface area contributed by atoms with Crippen LogP contribution in [0.5, 0.6) is 0 Å². The van der Waals surface area contributed by atoms with Gasteiger partial charge in [-0.3, -0.25) is 19.2 Å². The lowest BCUT2D eigenvalue weighted by Gasteiger charge is -2.34. The van der Waals surface area contributed by atoms with Gasteiger partial charge in [-0.1, -0.05) is 88.7 Å². The van der Waals surface area contributed by atoms with Crippen molar-refractivity contribution in [2.45, 2.75) is 17.6 Å². The van der Waals surface area contributed by atoms with Gasteiger partial charge in [0.05, 0.1) is 5.92 Å². The van der Waals surface area contributed by atoms with E-state index in [9.17, 15) is 23.6 Å². The van der Waals surface area contributed by atoms with E-state index < -0.39 is 52.0 Å². The van der Waals surface area contributed by atoms with Crippen molar-refractivity contribution in [3.8, 4) is 0 Å². The highest BCUT2D eigenvalue weighted by Crippen LogP contribution is 2.67. The number of Topliss-reactive ketones (excluding diaryl/α,β-unsaturated/α-hetero) is 4. The molecule has 4 aromatic rings. The Balaban J connectivity index is 1.59. The van der Waals surface area contributed by atoms with Crippen LogP contribution in [0.3, 0.4) is 0 Å². The number of fused-ring (bicyclic) bond motifs is 2. The summed E-state index contributed by atoms with van der Waals surface area (Å²) in [5, 5.41) is 0. The number of rotatable bonds is 2. The van der Waals surface area contributed by atoms with E-state index in [0.29, 0.717) is 11.1 Å². The minimum atomic E-state index is -2.18. The Morgan fingerprint density at radius 1 is 0.590 bits per heavy atom. The Bertz CT molecular complexity index is 1670. The van der Waals surface area contributed by atoms with E-state index in [1.54, 1.807) is 72.8 Å². The standard InChI is InChI=1S/C32H18BrFO5/c33-19-13-9-17(10-14-19)25-31(26(35)21-5-1-2-6-22(21)27(31)36)30(18-11-15-20(34)16-12-18)39-32(25)28(37)23-7-3-4-8-24(23)29(32)38/h1-16,25,30H/t25-,30-/m0/s1. The van der Waals surface area contributed by atoms with Crippen LogP contribution in [0.2, 0.25) is 0 Å². The molecule has 7 heteroatoms. The summed E-state index contributed by atoms with van der Waals surface area (Å²) in [6, 6.07) is 25.0. The Hall–Kier alpha value is -4.07. The lowest BCUT2D eigenvalue weighted by molar-refractivity contribution is -0.0210. The molecule has 1 heterocycles. The number of halogens is 2. The zero-order chi connectivity index (χ0) is 27.1. The Kier molecular flexibility index (Phi) is 5.06. The molecule has 2 spiro atoms. The summed E-state index contributed by atoms with van der Waals surface area (Å²) in [6.45, 7) is 0. The van der Waals surface area contributed by atoms with Gasteiger partial charge in [0.2, 0.25) is 17.2 Å². The molecule has 1 fully saturated rings. The third-order valence-electron chi connectivity index (χ3n) is 8.21. The monoisotopic (exact) mass is 580 g/mol. The highest BCUT2D eigenvalue weighted by atomic mass is 79.9. The third kappa shape index (κ3) is 2.92. The van der Waals surface area contributed by atoms with Gasteiger partial charge in [-0.2, -0.15) is 0 Å². The summed E-state index contributed by atoms with van der Waals surface area (Å²) in [4.78, 5) is 57.7. The highest BCUT2D eigenvalue weighted by molar-refractivity contribution is 9.10. The molecule has 190 valence electrons. The minimum absolute atomic E-state index is 0.176. The number of carbonyl (C=O) groups excluding carboxylic acids is 4. The molecule has 5 nitrogen and oxygen atoms in total. The maximum atomic E-state index is 14.6. The summed E-state index contributed by atoms with van der Waals surface area (Å²) in [7, 11) is 0. The summed E-state index contributed by atoms with van der Waals surface area (Å²) in [6.07, 6.45) is -1.33. The molecule has 0 unspecified atom stereocenters. The Morgan fingerprint density at radius 2 is 1.03 bits per heavy atom. The molecule has 0 radical (unpaired) electrons. The first kappa shape index (κ1) is 24.0. The van der Waals surface area contributed by atoms with Crippen LogP contribution in [0, 0.1) is 11.2 Å². The summed E-state index contributed by atoms with van der Waals surface area (Å²) in [5.74, 6) is -4.06. The largest absolute Gasteiger partial charge is 0.348 e. The molecular weight excluding hydrogens is 563 g/mol. The number of benzene rings is 4. The molecule has 2 aliphatic carbocycles. The fourth-order valence-corrected chi connectivity index (χ4v) is 6.88. The van der Waals surface area contributed by atoms with Gasteiger partial charge in [0, 0.05) is 26.7 Å². The van der Waals surface area contributed by atoms with Crippen molar-refractivity contribution >= 4 is 39.1 Å². The van der Waals surface area contributed by atoms with Crippen LogP contribution in [0.15, 0.2) is 102 Å². The predicted molar refractivity (Wildman–Crippen MR) is 142 cm³/mol. The van der Waals surface area contributed by atoms with E-state index in [1.165, 1.54) is 24.3 Å². The average molecular weight is 581 g/mol. The Labute approximate surface area is 230 Å². The lowest BCUT2D eigenvalue weighted by Crippen LogP contribution is -2.51. The molecule has 0 bridgehead atoms. The number of ether oxygens (including phenoxy) is 1. The Morgan fingerprint density at radius 3 is 1.51 bits per heavy atom. The zero-order valence-electron chi connectivity index (χ0n) is 20.2. The zero-order valence-corrected chi connectivity index (χ0v) is 21.8. The molecule has 3 aliphatic rings. The van der Waals surface area contributed by atoms with Crippen LogP contribution in [0.4, 0.5) is 4.39 Å². The van der Waals surface area contributed by atoms with Gasteiger partial charge in [0.15, 0.2) is 11.6 Å². The number of carbonyl (C=O) groups is 4. The normalized spacial score (nSPS) is 22.1. The van der Waals surface area contributed by atoms with Gasteiger partial charge in [0.1, 0.15) is 17.3 Å². The summed E-state index contributed by atoms with van der Waals surface area (Å²) in [5.41, 5.74) is -2.65. The first-order chi connectivity index (χ1) is 18.8. The maximum absolute atomic E-state index is 14.6. The maximum Gasteiger partial charge on any atom is 0.204 e. The predicted octanol–water partition coefficient (Wildman–Crippen LogP) is 6.33. The SMILES string of the molecule is O=C1c2ccccc2C(=O)C12O[C@@H](c1ccc(F)cc1)C1(C(=O)c3ccccc3C1=O)[C@@H]2c1ccc(Br)cc1. The van der Waals surface area contributed by atoms with Crippen molar-refractivity contribution in [2.75, 3.05) is 0 Å². The number of ketones is 4. The molecule has 0 aromatic heterocycles. The smallest absolute Gasteiger partial charge is 0.204 e. The topological polar surface area (TPSA) is 77.5 Å². The minimum Gasteiger partial charge on any atom is -0.348 e. The van der Waals surface area contributed by atoms with Gasteiger partial charge in [0.25, 0.3) is 0 Å². The second-order valence-corrected chi connectivity index (χ2v) is 11.0. The second kappa shape index (κ2) is 8.21. The van der Waals surface area contributed by atoms with Crippen LogP contribution >= 0.6 is 15.9 Å². The van der Waals surface area contributed by atoms with Crippen LogP contribution in [-0.4, -0.2) is 28.7 Å². The van der Waals surface area contributed by atoms with Gasteiger partial charge < -0.3 is 4.74 Å². The van der Waals surface area contributed by atoms with E-state index in [4.69, 9.17) is 4.74 Å². The van der Waals surface area contributed by atoms with E-state index in [2.05, 4.69) is 15.9 Å². The molecule has 0 saturated carbocycles. The lowest BCUT2D eigenvalue weighted by atomic mass is 9.60. The molecule has 1 saturated heterocycles. The van der Waals surface area contributed by atoms with Crippen molar-refractivity contribution < 1.29 is 28.3 Å². The molecule has 1 aliphatic heterocycles. The molecule has 7 rings (SSSR count). The van der Waals surface area contributed by atoms with Crippen molar-refractivity contribution in [2.24, 2.45) is 5.41 Å². The van der Waals surface area contributed by atoms with Gasteiger partial charge in [-0.15, -0.1) is 0 Å². The third-order valence-corrected chi connectivity index (χ3v) is 8.74. The highest BCUT2D eigenvalue weighted by Gasteiger charge is 2.79. The first-order valence-corrected chi connectivity index (χ1v) is 13.2. The first-order valence-electron chi connectivity index (χ1n) is 12.4. The summed E-state index contributed by atoms with van der Waals surface area (Å²) >= 11 is 3.42. The number of hydrogen-bond donors (Lipinski definition) is 0. The second-order valence-electron chi connectivity index (χ2n) is 10.0. The molecule has 2 atom stereocenters. The number of hydrogen-bond acceptors (Lipinski definition) is 5. The molecule has 0 amide bonds. The van der Waals surface area contributed by atoms with Gasteiger partial charge in [-0.05, 0) is 35.4 Å². The van der Waals surface area contributed by atoms with Crippen molar-refractivity contribution in [3.63, 3.8) is 0 Å². The van der Waals surface area contributed by atoms with Crippen molar-refractivity contribution in [1.82, 2.24) is 0 Å². The van der Waals surface area contributed by atoms with E-state index in [0.717, 1.165) is 4.47 Å². The van der Waals surface area contributed by atoms with E-state index in [1.807, 2.05) is 0 Å². The van der Waals surface area contributed by atoms with E-state index in [-0.39, 0.29) is 22.3 Å². The fraction of sp³-hybridized carbons (Fsp3) is 0.125. The fourth-order valence-electron chi connectivity index (χ4n) is 6.62. The molecular formula is C32H18BrFO5. The average Bonchev–Trinajstić information content (AvgIpc) is 3.48. The van der Waals surface area contributed by atoms with Crippen LogP contribution < -0.4 is 0 Å². The van der Waals surface area contributed by atoms with Crippen molar-refractivity contribution in [3.05, 3.63) is 141 Å². The van der Waals surface area contributed by atoms with E-state index >= 15 is 0 Å². The van der Waals surface area contributed by atoms with Crippen LogP contribution in [-0.2, 0) is 4.74 Å². The molecule has 0 N–H and O–H groups in total. The van der Waals surface area contributed by atoms with Crippen molar-refractivity contribution in [1.29, 1.82) is 0 Å². The van der Waals surface area contributed by atoms with Gasteiger partial charge in [-0.25, -0.2) is 4.39 Å². The van der Waals surface area contributed by atoms with Crippen LogP contribution in [0.1, 0.15) is 64.6 Å². The molecule has 4 aromatic carbocycles. The van der Waals surface area contributed by atoms with Gasteiger partial charge >= 0.3 is 0 Å². The summed E-state index contributed by atoms with van der Waals surface area (Å²) < 4.78 is 21.3. The molecule has 39 heavy (non-hydrogen) atoms. The quantitative estimate of drug-likeness (QED) is 0.259. The van der Waals surface area contributed by atoms with Crippen LogP contribution in [0.25, 0.3) is 0 Å².